The Kier molecular flexibility index (Phi) is 4.81. The van der Waals surface area contributed by atoms with Crippen molar-refractivity contribution >= 4 is 10.8 Å². The summed E-state index contributed by atoms with van der Waals surface area (Å²) in [6.45, 7) is 3.09. The Labute approximate surface area is 154 Å². The van der Waals surface area contributed by atoms with Crippen LogP contribution in [0.4, 0.5) is 0 Å². The van der Waals surface area contributed by atoms with Gasteiger partial charge in [-0.3, -0.25) is 0 Å². The van der Waals surface area contributed by atoms with Crippen molar-refractivity contribution in [2.24, 2.45) is 0 Å². The zero-order chi connectivity index (χ0) is 17.9. The van der Waals surface area contributed by atoms with Crippen LogP contribution in [0.3, 0.4) is 0 Å². The fraction of sp³-hybridized carbons (Fsp3) is 0.304. The monoisotopic (exact) mass is 347 g/mol. The van der Waals surface area contributed by atoms with Gasteiger partial charge in [-0.1, -0.05) is 55.5 Å². The molecule has 2 unspecified atom stereocenters. The second kappa shape index (κ2) is 7.38. The summed E-state index contributed by atoms with van der Waals surface area (Å²) in [7, 11) is 0. The van der Waals surface area contributed by atoms with Crippen molar-refractivity contribution in [1.29, 1.82) is 0 Å². The van der Waals surface area contributed by atoms with Gasteiger partial charge in [0.1, 0.15) is 17.6 Å². The summed E-state index contributed by atoms with van der Waals surface area (Å²) in [5.74, 6) is 1.25. The van der Waals surface area contributed by atoms with Gasteiger partial charge in [0.2, 0.25) is 0 Å². The number of piperidine rings is 1. The van der Waals surface area contributed by atoms with E-state index in [0.717, 1.165) is 47.9 Å². The van der Waals surface area contributed by atoms with E-state index in [9.17, 15) is 5.11 Å². The molecule has 26 heavy (non-hydrogen) atoms. The van der Waals surface area contributed by atoms with Gasteiger partial charge in [0.05, 0.1) is 6.04 Å². The third kappa shape index (κ3) is 3.27. The minimum absolute atomic E-state index is 0.00305. The molecule has 0 saturated carbocycles. The highest BCUT2D eigenvalue weighted by Crippen LogP contribution is 2.37. The van der Waals surface area contributed by atoms with E-state index >= 15 is 0 Å². The largest absolute Gasteiger partial charge is 0.507 e. The third-order valence-corrected chi connectivity index (χ3v) is 5.29. The van der Waals surface area contributed by atoms with E-state index in [2.05, 4.69) is 30.4 Å². The quantitative estimate of drug-likeness (QED) is 0.699. The van der Waals surface area contributed by atoms with Crippen LogP contribution in [0.15, 0.2) is 60.7 Å². The van der Waals surface area contributed by atoms with Crippen molar-refractivity contribution in [3.05, 3.63) is 71.8 Å². The highest BCUT2D eigenvalue weighted by molar-refractivity contribution is 5.89. The van der Waals surface area contributed by atoms with E-state index in [1.807, 2.05) is 42.5 Å². The number of aryl methyl sites for hydroxylation is 1. The Hall–Kier alpha value is -2.52. The average molecular weight is 347 g/mol. The van der Waals surface area contributed by atoms with Gasteiger partial charge in [0.15, 0.2) is 0 Å². The molecule has 2 atom stereocenters. The summed E-state index contributed by atoms with van der Waals surface area (Å²) < 4.78 is 6.32. The van der Waals surface area contributed by atoms with Gasteiger partial charge in [-0.05, 0) is 48.9 Å². The zero-order valence-electron chi connectivity index (χ0n) is 15.1. The summed E-state index contributed by atoms with van der Waals surface area (Å²) in [5, 5.41) is 16.4. The Morgan fingerprint density at radius 1 is 1.04 bits per heavy atom. The molecule has 0 aliphatic carbocycles. The molecule has 0 bridgehead atoms. The van der Waals surface area contributed by atoms with Gasteiger partial charge in [0.25, 0.3) is 0 Å². The number of rotatable bonds is 4. The van der Waals surface area contributed by atoms with Crippen LogP contribution in [-0.2, 0) is 6.42 Å². The van der Waals surface area contributed by atoms with Crippen molar-refractivity contribution < 1.29 is 9.84 Å². The molecule has 0 radical (unpaired) electrons. The number of benzene rings is 3. The number of fused-ring (bicyclic) bond motifs is 1. The number of aromatic hydroxyl groups is 1. The van der Waals surface area contributed by atoms with E-state index in [4.69, 9.17) is 4.74 Å². The summed E-state index contributed by atoms with van der Waals surface area (Å²) >= 11 is 0. The third-order valence-electron chi connectivity index (χ3n) is 5.29. The SMILES string of the molecule is CCc1ccc(OC2CCCNC2c2ccc3ccccc3c2O)cc1. The standard InChI is InChI=1S/C23H25NO2/c1-2-16-9-12-18(13-10-16)26-21-8-5-15-24-22(21)20-14-11-17-6-3-4-7-19(17)23(20)25/h3-4,6-7,9-14,21-22,24-25H,2,5,8,15H2,1H3. The van der Waals surface area contributed by atoms with E-state index in [-0.39, 0.29) is 12.1 Å². The maximum atomic E-state index is 10.9. The lowest BCUT2D eigenvalue weighted by Gasteiger charge is -2.33. The predicted octanol–water partition coefficient (Wildman–Crippen LogP) is 4.98. The molecule has 1 saturated heterocycles. The van der Waals surface area contributed by atoms with Gasteiger partial charge in [-0.25, -0.2) is 0 Å². The molecular weight excluding hydrogens is 322 g/mol. The summed E-state index contributed by atoms with van der Waals surface area (Å²) in [5.41, 5.74) is 2.22. The first kappa shape index (κ1) is 16.9. The molecular formula is C23H25NO2. The smallest absolute Gasteiger partial charge is 0.128 e. The first-order valence-electron chi connectivity index (χ1n) is 9.46. The van der Waals surface area contributed by atoms with Crippen molar-refractivity contribution in [3.63, 3.8) is 0 Å². The number of nitrogens with one attached hydrogen (secondary N) is 1. The number of hydrogen-bond donors (Lipinski definition) is 2. The van der Waals surface area contributed by atoms with Crippen molar-refractivity contribution in [2.45, 2.75) is 38.3 Å². The van der Waals surface area contributed by atoms with E-state index in [0.29, 0.717) is 5.75 Å². The van der Waals surface area contributed by atoms with E-state index in [1.54, 1.807) is 0 Å². The highest BCUT2D eigenvalue weighted by atomic mass is 16.5. The van der Waals surface area contributed by atoms with E-state index < -0.39 is 0 Å². The normalized spacial score (nSPS) is 20.2. The average Bonchev–Trinajstić information content (AvgIpc) is 2.70. The van der Waals surface area contributed by atoms with Gasteiger partial charge in [-0.2, -0.15) is 0 Å². The van der Waals surface area contributed by atoms with Crippen LogP contribution in [0.2, 0.25) is 0 Å². The predicted molar refractivity (Wildman–Crippen MR) is 106 cm³/mol. The molecule has 3 aromatic carbocycles. The van der Waals surface area contributed by atoms with Crippen LogP contribution in [0, 0.1) is 0 Å². The number of hydrogen-bond acceptors (Lipinski definition) is 3. The lowest BCUT2D eigenvalue weighted by Crippen LogP contribution is -2.41. The van der Waals surface area contributed by atoms with Crippen LogP contribution in [0.5, 0.6) is 11.5 Å². The minimum Gasteiger partial charge on any atom is -0.507 e. The number of phenolic OH excluding ortho intramolecular Hbond substituents is 1. The molecule has 3 aromatic rings. The molecule has 134 valence electrons. The Morgan fingerprint density at radius 3 is 2.65 bits per heavy atom. The van der Waals surface area contributed by atoms with Gasteiger partial charge < -0.3 is 15.2 Å². The van der Waals surface area contributed by atoms with Crippen LogP contribution >= 0.6 is 0 Å². The van der Waals surface area contributed by atoms with Gasteiger partial charge in [-0.15, -0.1) is 0 Å². The lowest BCUT2D eigenvalue weighted by molar-refractivity contribution is 0.119. The Morgan fingerprint density at radius 2 is 1.85 bits per heavy atom. The topological polar surface area (TPSA) is 41.5 Å². The molecule has 1 heterocycles. The van der Waals surface area contributed by atoms with Crippen LogP contribution in [0.1, 0.15) is 36.9 Å². The minimum atomic E-state index is -0.0146. The maximum Gasteiger partial charge on any atom is 0.128 e. The zero-order valence-corrected chi connectivity index (χ0v) is 15.1. The van der Waals surface area contributed by atoms with E-state index in [1.165, 1.54) is 5.56 Å². The summed E-state index contributed by atoms with van der Waals surface area (Å²) in [4.78, 5) is 0. The Balaban J connectivity index is 1.64. The van der Waals surface area contributed by atoms with Gasteiger partial charge in [0, 0.05) is 10.9 Å². The molecule has 2 N–H and O–H groups in total. The highest BCUT2D eigenvalue weighted by Gasteiger charge is 2.30. The second-order valence-electron chi connectivity index (χ2n) is 6.95. The maximum absolute atomic E-state index is 10.9. The summed E-state index contributed by atoms with van der Waals surface area (Å²) in [6, 6.07) is 20.4. The van der Waals surface area contributed by atoms with Crippen LogP contribution < -0.4 is 10.1 Å². The second-order valence-corrected chi connectivity index (χ2v) is 6.95. The molecule has 0 spiro atoms. The van der Waals surface area contributed by atoms with Crippen LogP contribution in [-0.4, -0.2) is 17.8 Å². The molecule has 4 rings (SSSR count). The Bertz CT molecular complexity index is 888. The molecule has 1 fully saturated rings. The first-order chi connectivity index (χ1) is 12.8. The molecule has 0 aromatic heterocycles. The number of ether oxygens (including phenoxy) is 1. The fourth-order valence-electron chi connectivity index (χ4n) is 3.80. The molecule has 3 heteroatoms. The lowest BCUT2D eigenvalue weighted by atomic mass is 9.92. The first-order valence-corrected chi connectivity index (χ1v) is 9.46. The summed E-state index contributed by atoms with van der Waals surface area (Å²) in [6.07, 6.45) is 3.07. The molecule has 3 nitrogen and oxygen atoms in total. The van der Waals surface area contributed by atoms with Crippen molar-refractivity contribution in [1.82, 2.24) is 5.32 Å². The molecule has 0 amide bonds. The number of phenols is 1. The van der Waals surface area contributed by atoms with Gasteiger partial charge >= 0.3 is 0 Å². The van der Waals surface area contributed by atoms with Crippen molar-refractivity contribution in [3.8, 4) is 11.5 Å². The molecule has 1 aliphatic rings. The van der Waals surface area contributed by atoms with Crippen molar-refractivity contribution in [2.75, 3.05) is 6.54 Å². The molecule has 1 aliphatic heterocycles. The van der Waals surface area contributed by atoms with Crippen LogP contribution in [0.25, 0.3) is 10.8 Å². The fourth-order valence-corrected chi connectivity index (χ4v) is 3.80.